The fourth-order valence-electron chi connectivity index (χ4n) is 1.54. The van der Waals surface area contributed by atoms with E-state index in [0.29, 0.717) is 4.86 Å². The van der Waals surface area contributed by atoms with Gasteiger partial charge in [0.05, 0.1) is 6.04 Å². The van der Waals surface area contributed by atoms with E-state index in [0.717, 1.165) is 4.90 Å². The van der Waals surface area contributed by atoms with Crippen LogP contribution >= 0.6 is 12.2 Å². The largest absolute Gasteiger partial charge is 0.477 e. The van der Waals surface area contributed by atoms with Gasteiger partial charge in [-0.15, -0.1) is 0 Å². The lowest BCUT2D eigenvalue weighted by molar-refractivity contribution is -0.147. The van der Waals surface area contributed by atoms with Gasteiger partial charge in [-0.05, 0) is 6.08 Å². The minimum atomic E-state index is -1.15. The number of nitrogens with zero attached hydrogens (tertiary/aromatic N) is 1. The summed E-state index contributed by atoms with van der Waals surface area (Å²) in [6.45, 7) is 0. The molecule has 0 aromatic carbocycles. The van der Waals surface area contributed by atoms with Gasteiger partial charge in [0.1, 0.15) is 11.7 Å². The lowest BCUT2D eigenvalue weighted by Crippen LogP contribution is -2.68. The SMILES string of the molecule is NC1C(=O)N2C(C(=O)O)=CC(=S)C12. The number of thiocarbonyl (C=S) groups is 1. The van der Waals surface area contributed by atoms with E-state index in [-0.39, 0.29) is 11.6 Å². The topological polar surface area (TPSA) is 83.6 Å². The molecule has 5 nitrogen and oxygen atoms in total. The second kappa shape index (κ2) is 2.36. The number of hydrogen-bond donors (Lipinski definition) is 2. The fraction of sp³-hybridized carbons (Fsp3) is 0.286. The average Bonchev–Trinajstić information content (AvgIpc) is 2.39. The fourth-order valence-corrected chi connectivity index (χ4v) is 1.90. The van der Waals surface area contributed by atoms with Crippen molar-refractivity contribution in [2.75, 3.05) is 0 Å². The van der Waals surface area contributed by atoms with E-state index >= 15 is 0 Å². The summed E-state index contributed by atoms with van der Waals surface area (Å²) in [6, 6.07) is -1.07. The predicted molar refractivity (Wildman–Crippen MR) is 46.9 cm³/mol. The number of fused-ring (bicyclic) bond motifs is 1. The number of carboxylic acids is 1. The predicted octanol–water partition coefficient (Wildman–Crippen LogP) is -1.12. The van der Waals surface area contributed by atoms with Crippen molar-refractivity contribution in [3.63, 3.8) is 0 Å². The molecule has 2 aliphatic heterocycles. The lowest BCUT2D eigenvalue weighted by Gasteiger charge is -2.40. The average molecular weight is 198 g/mol. The Labute approximate surface area is 78.8 Å². The van der Waals surface area contributed by atoms with Gasteiger partial charge in [0, 0.05) is 4.86 Å². The first-order chi connectivity index (χ1) is 6.04. The van der Waals surface area contributed by atoms with E-state index in [4.69, 9.17) is 23.1 Å². The van der Waals surface area contributed by atoms with Crippen molar-refractivity contribution in [3.8, 4) is 0 Å². The summed E-state index contributed by atoms with van der Waals surface area (Å²) in [5.74, 6) is -1.52. The minimum Gasteiger partial charge on any atom is -0.477 e. The van der Waals surface area contributed by atoms with Crippen molar-refractivity contribution >= 4 is 29.0 Å². The van der Waals surface area contributed by atoms with Gasteiger partial charge in [0.2, 0.25) is 5.91 Å². The molecule has 0 aromatic heterocycles. The summed E-state index contributed by atoms with van der Waals surface area (Å²) in [4.78, 5) is 23.3. The smallest absolute Gasteiger partial charge is 0.352 e. The number of amides is 1. The number of β-lactam (4-membered cyclic amide) rings is 1. The molecular formula is C7H6N2O3S. The van der Waals surface area contributed by atoms with Crippen LogP contribution < -0.4 is 5.73 Å². The van der Waals surface area contributed by atoms with Crippen LogP contribution in [0, 0.1) is 0 Å². The number of carboxylic acid groups (broad SMARTS) is 1. The summed E-state index contributed by atoms with van der Waals surface area (Å²) in [5.41, 5.74) is 5.39. The van der Waals surface area contributed by atoms with Crippen LogP contribution in [0.15, 0.2) is 11.8 Å². The summed E-state index contributed by atoms with van der Waals surface area (Å²) < 4.78 is 0. The molecule has 0 spiro atoms. The Bertz CT molecular complexity index is 363. The first kappa shape index (κ1) is 8.33. The standard InChI is InChI=1S/C7H6N2O3S/c8-4-5-3(13)1-2(7(11)12)9(5)6(4)10/h1,4-5H,8H2,(H,11,12). The summed E-state index contributed by atoms with van der Waals surface area (Å²) >= 11 is 4.88. The highest BCUT2D eigenvalue weighted by atomic mass is 32.1. The monoisotopic (exact) mass is 198 g/mol. The van der Waals surface area contributed by atoms with Crippen molar-refractivity contribution in [1.29, 1.82) is 0 Å². The maximum atomic E-state index is 11.1. The number of aliphatic carboxylic acids is 1. The number of carbonyl (C=O) groups excluding carboxylic acids is 1. The van der Waals surface area contributed by atoms with Crippen molar-refractivity contribution in [1.82, 2.24) is 4.90 Å². The van der Waals surface area contributed by atoms with Crippen molar-refractivity contribution in [2.45, 2.75) is 12.1 Å². The zero-order chi connectivity index (χ0) is 9.75. The third-order valence-corrected chi connectivity index (χ3v) is 2.55. The van der Waals surface area contributed by atoms with Crippen LogP contribution in [0.4, 0.5) is 0 Å². The second-order valence-electron chi connectivity index (χ2n) is 2.92. The highest BCUT2D eigenvalue weighted by Gasteiger charge is 2.53. The van der Waals surface area contributed by atoms with Gasteiger partial charge < -0.3 is 10.8 Å². The maximum absolute atomic E-state index is 11.1. The summed E-state index contributed by atoms with van der Waals surface area (Å²) in [7, 11) is 0. The minimum absolute atomic E-state index is 0.0679. The van der Waals surface area contributed by atoms with Gasteiger partial charge in [0.25, 0.3) is 0 Å². The molecule has 68 valence electrons. The van der Waals surface area contributed by atoms with Crippen molar-refractivity contribution in [3.05, 3.63) is 11.8 Å². The van der Waals surface area contributed by atoms with Gasteiger partial charge in [-0.2, -0.15) is 0 Å². The van der Waals surface area contributed by atoms with Crippen LogP contribution in [-0.2, 0) is 9.59 Å². The highest BCUT2D eigenvalue weighted by molar-refractivity contribution is 7.81. The lowest BCUT2D eigenvalue weighted by atomic mass is 9.96. The molecule has 0 saturated carbocycles. The number of rotatable bonds is 1. The Morgan fingerprint density at radius 1 is 1.69 bits per heavy atom. The molecule has 2 atom stereocenters. The first-order valence-electron chi connectivity index (χ1n) is 3.61. The summed E-state index contributed by atoms with van der Waals surface area (Å²) in [6.07, 6.45) is 1.31. The van der Waals surface area contributed by atoms with Gasteiger partial charge in [-0.25, -0.2) is 4.79 Å². The van der Waals surface area contributed by atoms with Crippen LogP contribution in [-0.4, -0.2) is 38.8 Å². The van der Waals surface area contributed by atoms with Gasteiger partial charge in [-0.1, -0.05) is 12.2 Å². The third-order valence-electron chi connectivity index (χ3n) is 2.19. The van der Waals surface area contributed by atoms with Gasteiger partial charge >= 0.3 is 5.97 Å². The Morgan fingerprint density at radius 3 is 2.85 bits per heavy atom. The van der Waals surface area contributed by atoms with E-state index in [2.05, 4.69) is 0 Å². The summed E-state index contributed by atoms with van der Waals surface area (Å²) in [5, 5.41) is 8.69. The molecule has 1 fully saturated rings. The Hall–Kier alpha value is -1.27. The molecule has 2 heterocycles. The molecule has 3 N–H and O–H groups in total. The molecule has 13 heavy (non-hydrogen) atoms. The Morgan fingerprint density at radius 2 is 2.31 bits per heavy atom. The van der Waals surface area contributed by atoms with Gasteiger partial charge in [-0.3, -0.25) is 9.69 Å². The molecule has 0 bridgehead atoms. The van der Waals surface area contributed by atoms with Crippen LogP contribution in [0.25, 0.3) is 0 Å². The quantitative estimate of drug-likeness (QED) is 0.411. The molecule has 2 unspecified atom stereocenters. The highest BCUT2D eigenvalue weighted by Crippen LogP contribution is 2.31. The van der Waals surface area contributed by atoms with E-state index < -0.39 is 18.1 Å². The Balaban J connectivity index is 2.36. The van der Waals surface area contributed by atoms with E-state index in [1.165, 1.54) is 6.08 Å². The molecule has 1 amide bonds. The van der Waals surface area contributed by atoms with E-state index in [9.17, 15) is 9.59 Å². The molecule has 2 aliphatic rings. The number of hydrogen-bond acceptors (Lipinski definition) is 4. The third kappa shape index (κ3) is 0.866. The van der Waals surface area contributed by atoms with E-state index in [1.807, 2.05) is 0 Å². The van der Waals surface area contributed by atoms with Crippen molar-refractivity contribution < 1.29 is 14.7 Å². The molecule has 0 aliphatic carbocycles. The number of nitrogens with two attached hydrogens (primary N) is 1. The Kier molecular flexibility index (Phi) is 1.52. The molecule has 0 aromatic rings. The maximum Gasteiger partial charge on any atom is 0.352 e. The van der Waals surface area contributed by atoms with Crippen molar-refractivity contribution in [2.24, 2.45) is 5.73 Å². The van der Waals surface area contributed by atoms with Gasteiger partial charge in [0.15, 0.2) is 0 Å². The molecule has 2 rings (SSSR count). The van der Waals surface area contributed by atoms with Crippen LogP contribution in [0.1, 0.15) is 0 Å². The zero-order valence-electron chi connectivity index (χ0n) is 6.43. The van der Waals surface area contributed by atoms with E-state index in [1.54, 1.807) is 0 Å². The molecule has 6 heteroatoms. The zero-order valence-corrected chi connectivity index (χ0v) is 7.25. The normalized spacial score (nSPS) is 31.2. The first-order valence-corrected chi connectivity index (χ1v) is 4.02. The molecule has 1 saturated heterocycles. The second-order valence-corrected chi connectivity index (χ2v) is 3.39. The van der Waals surface area contributed by atoms with Crippen LogP contribution in [0.5, 0.6) is 0 Å². The molecule has 0 radical (unpaired) electrons. The van der Waals surface area contributed by atoms with Crippen LogP contribution in [0.3, 0.4) is 0 Å². The number of carbonyl (C=O) groups is 2. The molecular weight excluding hydrogens is 192 g/mol. The van der Waals surface area contributed by atoms with Crippen LogP contribution in [0.2, 0.25) is 0 Å².